The Bertz CT molecular complexity index is 657. The van der Waals surface area contributed by atoms with Crippen LogP contribution in [-0.2, 0) is 17.8 Å². The van der Waals surface area contributed by atoms with Crippen molar-refractivity contribution < 1.29 is 9.18 Å². The predicted molar refractivity (Wildman–Crippen MR) is 77.8 cm³/mol. The first-order chi connectivity index (χ1) is 9.63. The van der Waals surface area contributed by atoms with E-state index >= 15 is 0 Å². The Balaban J connectivity index is 1.94. The fourth-order valence-electron chi connectivity index (χ4n) is 2.35. The molecule has 1 aromatic heterocycles. The first-order valence-electron chi connectivity index (χ1n) is 6.33. The fraction of sp³-hybridized carbons (Fsp3) is 0.200. The average molecular weight is 335 g/mol. The number of pyridine rings is 1. The molecule has 0 atom stereocenters. The van der Waals surface area contributed by atoms with E-state index in [2.05, 4.69) is 20.9 Å². The molecule has 0 fully saturated rings. The maximum atomic E-state index is 13.4. The molecular formula is C15H12BrFN2O. The van der Waals surface area contributed by atoms with Gasteiger partial charge in [0.05, 0.1) is 17.9 Å². The molecule has 1 aliphatic heterocycles. The molecule has 2 heterocycles. The number of carbonyl (C=O) groups excluding carboxylic acids is 1. The van der Waals surface area contributed by atoms with E-state index in [0.29, 0.717) is 25.1 Å². The Morgan fingerprint density at radius 3 is 2.85 bits per heavy atom. The van der Waals surface area contributed by atoms with Crippen molar-refractivity contribution in [3.05, 3.63) is 58.1 Å². The van der Waals surface area contributed by atoms with Crippen LogP contribution in [0.1, 0.15) is 17.7 Å². The minimum absolute atomic E-state index is 0.00724. The van der Waals surface area contributed by atoms with E-state index in [1.807, 2.05) is 12.1 Å². The van der Waals surface area contributed by atoms with Gasteiger partial charge in [0.25, 0.3) is 0 Å². The lowest BCUT2D eigenvalue weighted by atomic mass is 10.0. The van der Waals surface area contributed by atoms with Gasteiger partial charge < -0.3 is 4.90 Å². The second kappa shape index (κ2) is 5.32. The van der Waals surface area contributed by atoms with Crippen LogP contribution in [0.3, 0.4) is 0 Å². The summed E-state index contributed by atoms with van der Waals surface area (Å²) in [4.78, 5) is 18.0. The van der Waals surface area contributed by atoms with Gasteiger partial charge in [-0.1, -0.05) is 6.07 Å². The third-order valence-electron chi connectivity index (χ3n) is 3.36. The molecule has 0 bridgehead atoms. The molecule has 1 amide bonds. The Labute approximate surface area is 124 Å². The zero-order chi connectivity index (χ0) is 14.1. The van der Waals surface area contributed by atoms with Gasteiger partial charge in [0.2, 0.25) is 5.91 Å². The van der Waals surface area contributed by atoms with Crippen molar-refractivity contribution in [2.24, 2.45) is 0 Å². The molecule has 20 heavy (non-hydrogen) atoms. The molecule has 3 nitrogen and oxygen atoms in total. The highest BCUT2D eigenvalue weighted by atomic mass is 79.9. The van der Waals surface area contributed by atoms with Gasteiger partial charge in [-0.05, 0) is 52.2 Å². The summed E-state index contributed by atoms with van der Waals surface area (Å²) in [5.41, 5.74) is 2.44. The number of fused-ring (bicyclic) bond motifs is 1. The quantitative estimate of drug-likeness (QED) is 0.842. The van der Waals surface area contributed by atoms with Crippen molar-refractivity contribution in [2.45, 2.75) is 19.4 Å². The number of aromatic nitrogens is 1. The average Bonchev–Trinajstić information content (AvgIpc) is 2.44. The molecule has 1 aromatic carbocycles. The van der Waals surface area contributed by atoms with Gasteiger partial charge >= 0.3 is 0 Å². The van der Waals surface area contributed by atoms with Gasteiger partial charge in [-0.25, -0.2) is 4.39 Å². The third-order valence-corrected chi connectivity index (χ3v) is 3.83. The molecule has 0 unspecified atom stereocenters. The van der Waals surface area contributed by atoms with E-state index in [-0.39, 0.29) is 11.7 Å². The lowest BCUT2D eigenvalue weighted by Gasteiger charge is -2.29. The lowest BCUT2D eigenvalue weighted by Crippen LogP contribution is -2.34. The van der Waals surface area contributed by atoms with Crippen molar-refractivity contribution in [1.82, 2.24) is 4.98 Å². The molecule has 0 radical (unpaired) electrons. The van der Waals surface area contributed by atoms with Crippen LogP contribution in [0.4, 0.5) is 10.1 Å². The smallest absolute Gasteiger partial charge is 0.227 e. The molecule has 0 aliphatic carbocycles. The van der Waals surface area contributed by atoms with Crippen LogP contribution in [0.5, 0.6) is 0 Å². The highest BCUT2D eigenvalue weighted by Gasteiger charge is 2.24. The number of nitrogens with zero attached hydrogens (tertiary/aromatic N) is 2. The first-order valence-corrected chi connectivity index (χ1v) is 7.12. The van der Waals surface area contributed by atoms with Crippen molar-refractivity contribution in [3.8, 4) is 0 Å². The topological polar surface area (TPSA) is 33.2 Å². The summed E-state index contributed by atoms with van der Waals surface area (Å²) in [5.74, 6) is -0.319. The van der Waals surface area contributed by atoms with Gasteiger partial charge in [0.1, 0.15) is 5.82 Å². The Kier molecular flexibility index (Phi) is 3.53. The second-order valence-electron chi connectivity index (χ2n) is 4.72. The van der Waals surface area contributed by atoms with E-state index in [1.165, 1.54) is 12.1 Å². The summed E-state index contributed by atoms with van der Waals surface area (Å²) >= 11 is 3.33. The van der Waals surface area contributed by atoms with Gasteiger partial charge in [-0.15, -0.1) is 0 Å². The lowest BCUT2D eigenvalue weighted by molar-refractivity contribution is -0.119. The summed E-state index contributed by atoms with van der Waals surface area (Å²) < 4.78 is 14.3. The van der Waals surface area contributed by atoms with Gasteiger partial charge in [-0.3, -0.25) is 9.78 Å². The number of amides is 1. The van der Waals surface area contributed by atoms with Crippen molar-refractivity contribution in [1.29, 1.82) is 0 Å². The molecule has 5 heteroatoms. The molecule has 0 spiro atoms. The van der Waals surface area contributed by atoms with Crippen LogP contribution < -0.4 is 4.90 Å². The maximum absolute atomic E-state index is 13.4. The minimum atomic E-state index is -0.327. The molecule has 0 saturated carbocycles. The Morgan fingerprint density at radius 1 is 1.25 bits per heavy atom. The second-order valence-corrected chi connectivity index (χ2v) is 5.64. The number of halogens is 2. The van der Waals surface area contributed by atoms with Gasteiger partial charge in [0, 0.05) is 17.1 Å². The molecule has 3 rings (SSSR count). The highest BCUT2D eigenvalue weighted by molar-refractivity contribution is 9.10. The van der Waals surface area contributed by atoms with Crippen LogP contribution >= 0.6 is 15.9 Å². The van der Waals surface area contributed by atoms with Gasteiger partial charge in [0.15, 0.2) is 0 Å². The van der Waals surface area contributed by atoms with Crippen molar-refractivity contribution in [2.75, 3.05) is 4.90 Å². The molecule has 102 valence electrons. The van der Waals surface area contributed by atoms with E-state index in [1.54, 1.807) is 17.2 Å². The summed E-state index contributed by atoms with van der Waals surface area (Å²) in [6.45, 7) is 0.364. The molecule has 2 aromatic rings. The zero-order valence-corrected chi connectivity index (χ0v) is 12.2. The first kappa shape index (κ1) is 13.2. The number of rotatable bonds is 2. The number of hydrogen-bond acceptors (Lipinski definition) is 2. The monoisotopic (exact) mass is 334 g/mol. The van der Waals surface area contributed by atoms with Crippen LogP contribution in [0.15, 0.2) is 41.0 Å². The van der Waals surface area contributed by atoms with Crippen LogP contribution in [0, 0.1) is 5.82 Å². The molecule has 0 N–H and O–H groups in total. The third kappa shape index (κ3) is 2.58. The number of carbonyl (C=O) groups is 1. The van der Waals surface area contributed by atoms with Crippen LogP contribution in [0.2, 0.25) is 0 Å². The largest absolute Gasteiger partial charge is 0.306 e. The van der Waals surface area contributed by atoms with E-state index in [0.717, 1.165) is 15.7 Å². The SMILES string of the molecule is O=C1CCc2ccc(F)cc2N1Cc1ccc(Br)cn1. The van der Waals surface area contributed by atoms with E-state index in [4.69, 9.17) is 0 Å². The molecule has 0 saturated heterocycles. The summed E-state index contributed by atoms with van der Waals surface area (Å²) in [5, 5.41) is 0. The fourth-order valence-corrected chi connectivity index (χ4v) is 2.58. The number of benzene rings is 1. The zero-order valence-electron chi connectivity index (χ0n) is 10.6. The number of aryl methyl sites for hydroxylation is 1. The normalized spacial score (nSPS) is 14.3. The Morgan fingerprint density at radius 2 is 2.10 bits per heavy atom. The van der Waals surface area contributed by atoms with Gasteiger partial charge in [-0.2, -0.15) is 0 Å². The molecular weight excluding hydrogens is 323 g/mol. The number of hydrogen-bond donors (Lipinski definition) is 0. The van der Waals surface area contributed by atoms with Crippen LogP contribution in [-0.4, -0.2) is 10.9 Å². The van der Waals surface area contributed by atoms with E-state index in [9.17, 15) is 9.18 Å². The predicted octanol–water partition coefficient (Wildman–Crippen LogP) is 3.46. The standard InChI is InChI=1S/C15H12BrFN2O/c16-11-3-5-13(18-8-11)9-19-14-7-12(17)4-1-10(14)2-6-15(19)20/h1,3-5,7-8H,2,6,9H2. The maximum Gasteiger partial charge on any atom is 0.227 e. The summed E-state index contributed by atoms with van der Waals surface area (Å²) in [6.07, 6.45) is 2.81. The number of anilines is 1. The molecule has 1 aliphatic rings. The van der Waals surface area contributed by atoms with Crippen LogP contribution in [0.25, 0.3) is 0 Å². The van der Waals surface area contributed by atoms with Crippen molar-refractivity contribution in [3.63, 3.8) is 0 Å². The van der Waals surface area contributed by atoms with E-state index < -0.39 is 0 Å². The Hall–Kier alpha value is -1.75. The summed E-state index contributed by atoms with van der Waals surface area (Å²) in [6, 6.07) is 8.34. The summed E-state index contributed by atoms with van der Waals surface area (Å²) in [7, 11) is 0. The highest BCUT2D eigenvalue weighted by Crippen LogP contribution is 2.29. The minimum Gasteiger partial charge on any atom is -0.306 e. The van der Waals surface area contributed by atoms with Crippen molar-refractivity contribution >= 4 is 27.5 Å².